The summed E-state index contributed by atoms with van der Waals surface area (Å²) in [5.74, 6) is -3.00. The van der Waals surface area contributed by atoms with Gasteiger partial charge in [-0.2, -0.15) is 0 Å². The van der Waals surface area contributed by atoms with Gasteiger partial charge in [-0.05, 0) is 61.1 Å². The number of carboxylic acids is 2. The third kappa shape index (κ3) is 7.10. The number of rotatable bonds is 17. The third-order valence-corrected chi connectivity index (χ3v) is 7.82. The number of nitrogens with zero attached hydrogens (tertiary/aromatic N) is 2. The maximum absolute atomic E-state index is 13.1. The number of carboxylic acid groups (broad SMARTS) is 2. The van der Waals surface area contributed by atoms with Gasteiger partial charge in [0.1, 0.15) is 0 Å². The highest BCUT2D eigenvalue weighted by atomic mass is 16.4. The summed E-state index contributed by atoms with van der Waals surface area (Å²) in [5, 5.41) is 17.4. The molecule has 0 atom stereocenters. The van der Waals surface area contributed by atoms with Crippen molar-refractivity contribution in [2.75, 3.05) is 13.1 Å². The van der Waals surface area contributed by atoms with E-state index in [1.54, 1.807) is 36.4 Å². The summed E-state index contributed by atoms with van der Waals surface area (Å²) < 4.78 is 0. The number of carbonyl (C=O) groups is 6. The summed E-state index contributed by atoms with van der Waals surface area (Å²) in [6.07, 6.45) is 7.67. The predicted octanol–water partition coefficient (Wildman–Crippen LogP) is 5.40. The van der Waals surface area contributed by atoms with Crippen LogP contribution in [0.1, 0.15) is 118 Å². The van der Waals surface area contributed by atoms with Crippen LogP contribution >= 0.6 is 0 Å². The molecule has 42 heavy (non-hydrogen) atoms. The minimum absolute atomic E-state index is 0.145. The van der Waals surface area contributed by atoms with Gasteiger partial charge in [0.2, 0.25) is 0 Å². The van der Waals surface area contributed by atoms with Crippen molar-refractivity contribution in [3.63, 3.8) is 0 Å². The van der Waals surface area contributed by atoms with Gasteiger partial charge in [0.15, 0.2) is 0 Å². The second-order valence-electron chi connectivity index (χ2n) is 10.9. The van der Waals surface area contributed by atoms with E-state index in [1.165, 1.54) is 9.80 Å². The summed E-state index contributed by atoms with van der Waals surface area (Å²) in [6.45, 7) is 0.600. The SMILES string of the molecule is O=C(O)CCCCCCCN1C(=O)c2ccc(-c3ccc4c(c3)C(=O)N(CCCCCCCC(=O)O)C4=O)cc2C1=O. The molecule has 10 nitrogen and oxygen atoms in total. The van der Waals surface area contributed by atoms with E-state index in [1.807, 2.05) is 0 Å². The van der Waals surface area contributed by atoms with Crippen LogP contribution < -0.4 is 0 Å². The van der Waals surface area contributed by atoms with Gasteiger partial charge in [0.05, 0.1) is 22.3 Å². The lowest BCUT2D eigenvalue weighted by Gasteiger charge is -2.13. The largest absolute Gasteiger partial charge is 0.481 e. The lowest BCUT2D eigenvalue weighted by atomic mass is 9.97. The van der Waals surface area contributed by atoms with E-state index in [4.69, 9.17) is 10.2 Å². The fraction of sp³-hybridized carbons (Fsp3) is 0.438. The summed E-state index contributed by atoms with van der Waals surface area (Å²) in [6, 6.07) is 10.0. The lowest BCUT2D eigenvalue weighted by Crippen LogP contribution is -2.30. The van der Waals surface area contributed by atoms with Crippen molar-refractivity contribution in [2.45, 2.75) is 77.0 Å². The number of hydrogen-bond donors (Lipinski definition) is 2. The average molecular weight is 577 g/mol. The predicted molar refractivity (Wildman–Crippen MR) is 153 cm³/mol. The van der Waals surface area contributed by atoms with E-state index in [2.05, 4.69) is 0 Å². The van der Waals surface area contributed by atoms with Gasteiger partial charge in [-0.15, -0.1) is 0 Å². The second kappa shape index (κ2) is 14.0. The van der Waals surface area contributed by atoms with Crippen LogP contribution in [0, 0.1) is 0 Å². The van der Waals surface area contributed by atoms with E-state index in [9.17, 15) is 28.8 Å². The van der Waals surface area contributed by atoms with Crippen molar-refractivity contribution >= 4 is 35.6 Å². The highest BCUT2D eigenvalue weighted by molar-refractivity contribution is 6.23. The molecule has 2 aliphatic rings. The Balaban J connectivity index is 1.34. The first kappa shape index (κ1) is 30.6. The van der Waals surface area contributed by atoms with E-state index in [0.717, 1.165) is 38.5 Å². The van der Waals surface area contributed by atoms with Gasteiger partial charge in [0, 0.05) is 25.9 Å². The summed E-state index contributed by atoms with van der Waals surface area (Å²) >= 11 is 0. The highest BCUT2D eigenvalue weighted by Crippen LogP contribution is 2.32. The van der Waals surface area contributed by atoms with Gasteiger partial charge in [-0.1, -0.05) is 50.7 Å². The molecule has 2 aromatic carbocycles. The number of hydrogen-bond acceptors (Lipinski definition) is 6. The molecule has 0 aromatic heterocycles. The minimum Gasteiger partial charge on any atom is -0.481 e. The number of amides is 4. The van der Waals surface area contributed by atoms with Crippen LogP contribution in [0.15, 0.2) is 36.4 Å². The monoisotopic (exact) mass is 576 g/mol. The first-order chi connectivity index (χ1) is 20.2. The summed E-state index contributed by atoms with van der Waals surface area (Å²) in [7, 11) is 0. The highest BCUT2D eigenvalue weighted by Gasteiger charge is 2.37. The zero-order chi connectivity index (χ0) is 30.2. The first-order valence-electron chi connectivity index (χ1n) is 14.6. The van der Waals surface area contributed by atoms with Gasteiger partial charge < -0.3 is 10.2 Å². The van der Waals surface area contributed by atoms with Crippen molar-refractivity contribution in [3.05, 3.63) is 58.7 Å². The van der Waals surface area contributed by atoms with Gasteiger partial charge in [0.25, 0.3) is 23.6 Å². The molecule has 4 amide bonds. The van der Waals surface area contributed by atoms with Crippen LogP contribution in [0.25, 0.3) is 11.1 Å². The van der Waals surface area contributed by atoms with Gasteiger partial charge in [-0.25, -0.2) is 0 Å². The molecule has 0 radical (unpaired) electrons. The van der Waals surface area contributed by atoms with Crippen molar-refractivity contribution in [3.8, 4) is 11.1 Å². The number of unbranched alkanes of at least 4 members (excludes halogenated alkanes) is 8. The van der Waals surface area contributed by atoms with Crippen LogP contribution in [0.4, 0.5) is 0 Å². The second-order valence-corrected chi connectivity index (χ2v) is 10.9. The maximum atomic E-state index is 13.1. The zero-order valence-corrected chi connectivity index (χ0v) is 23.6. The molecule has 0 bridgehead atoms. The Labute approximate surface area is 244 Å². The Bertz CT molecular complexity index is 1290. The van der Waals surface area contributed by atoms with Crippen LogP contribution in [-0.2, 0) is 9.59 Å². The Morgan fingerprint density at radius 3 is 1.19 bits per heavy atom. The smallest absolute Gasteiger partial charge is 0.303 e. The number of aliphatic carboxylic acids is 2. The maximum Gasteiger partial charge on any atom is 0.303 e. The normalized spacial score (nSPS) is 14.1. The van der Waals surface area contributed by atoms with Crippen molar-refractivity contribution in [1.82, 2.24) is 9.80 Å². The Hall–Kier alpha value is -4.34. The summed E-state index contributed by atoms with van der Waals surface area (Å²) in [5.41, 5.74) is 2.63. The molecule has 2 aromatic rings. The molecule has 0 saturated heterocycles. The van der Waals surface area contributed by atoms with Crippen molar-refractivity contribution in [1.29, 1.82) is 0 Å². The van der Waals surface area contributed by atoms with Gasteiger partial charge >= 0.3 is 11.9 Å². The van der Waals surface area contributed by atoms with Crippen LogP contribution in [0.3, 0.4) is 0 Å². The Kier molecular flexibility index (Phi) is 10.2. The molecule has 0 spiro atoms. The molecule has 0 saturated carbocycles. The topological polar surface area (TPSA) is 149 Å². The molecule has 2 aliphatic heterocycles. The molecule has 222 valence electrons. The summed E-state index contributed by atoms with van der Waals surface area (Å²) in [4.78, 5) is 75.6. The number of fused-ring (bicyclic) bond motifs is 2. The van der Waals surface area contributed by atoms with Crippen LogP contribution in [0.5, 0.6) is 0 Å². The molecule has 0 unspecified atom stereocenters. The third-order valence-electron chi connectivity index (χ3n) is 7.82. The molecule has 2 heterocycles. The number of imide groups is 2. The molecule has 2 N–H and O–H groups in total. The Morgan fingerprint density at radius 1 is 0.476 bits per heavy atom. The molecule has 0 aliphatic carbocycles. The van der Waals surface area contributed by atoms with E-state index < -0.39 is 11.9 Å². The Morgan fingerprint density at radius 2 is 0.810 bits per heavy atom. The zero-order valence-electron chi connectivity index (χ0n) is 23.6. The molecule has 0 fully saturated rings. The van der Waals surface area contributed by atoms with E-state index in [-0.39, 0.29) is 36.5 Å². The molecule has 10 heteroatoms. The van der Waals surface area contributed by atoms with Gasteiger partial charge in [-0.3, -0.25) is 38.6 Å². The van der Waals surface area contributed by atoms with E-state index >= 15 is 0 Å². The molecular formula is C32H36N2O8. The van der Waals surface area contributed by atoms with Crippen LogP contribution in [0.2, 0.25) is 0 Å². The lowest BCUT2D eigenvalue weighted by molar-refractivity contribution is -0.138. The van der Waals surface area contributed by atoms with Crippen LogP contribution in [-0.4, -0.2) is 68.7 Å². The minimum atomic E-state index is -0.808. The fourth-order valence-electron chi connectivity index (χ4n) is 5.50. The first-order valence-corrected chi connectivity index (χ1v) is 14.6. The van der Waals surface area contributed by atoms with Crippen molar-refractivity contribution in [2.24, 2.45) is 0 Å². The number of carbonyl (C=O) groups excluding carboxylic acids is 4. The van der Waals surface area contributed by atoms with Crippen molar-refractivity contribution < 1.29 is 39.0 Å². The molecule has 4 rings (SSSR count). The number of benzene rings is 2. The quantitative estimate of drug-likeness (QED) is 0.188. The van der Waals surface area contributed by atoms with E-state index in [0.29, 0.717) is 72.2 Å². The fourth-order valence-corrected chi connectivity index (χ4v) is 5.50. The standard InChI is InChI=1S/C32H36N2O8/c35-27(36)11-7-3-1-5-9-17-33-29(39)23-15-13-21(19-25(23)31(33)41)22-14-16-24-26(20-22)32(42)34(30(24)40)18-10-6-2-4-8-12-28(37)38/h13-16,19-20H,1-12,17-18H2,(H,35,36)(H,37,38). The molecular weight excluding hydrogens is 540 g/mol. The average Bonchev–Trinajstić information content (AvgIpc) is 3.35.